The third kappa shape index (κ3) is 5.16. The quantitative estimate of drug-likeness (QED) is 0.508. The van der Waals surface area contributed by atoms with Gasteiger partial charge < -0.3 is 19.5 Å². The minimum atomic E-state index is -0.410. The average Bonchev–Trinajstić information content (AvgIpc) is 3.14. The van der Waals surface area contributed by atoms with Crippen LogP contribution in [0.4, 0.5) is 5.82 Å². The number of hydrogen-bond donors (Lipinski definition) is 2. The van der Waals surface area contributed by atoms with E-state index in [2.05, 4.69) is 20.4 Å². The number of hydrogen-bond acceptors (Lipinski definition) is 7. The Hall–Kier alpha value is -3.82. The van der Waals surface area contributed by atoms with Gasteiger partial charge in [-0.25, -0.2) is 4.98 Å². The van der Waals surface area contributed by atoms with Crippen molar-refractivity contribution in [2.75, 3.05) is 25.1 Å². The van der Waals surface area contributed by atoms with Crippen LogP contribution in [-0.4, -0.2) is 45.5 Å². The van der Waals surface area contributed by atoms with Gasteiger partial charge in [0.1, 0.15) is 5.82 Å². The van der Waals surface area contributed by atoms with Crippen molar-refractivity contribution >= 4 is 11.7 Å². The van der Waals surface area contributed by atoms with Crippen LogP contribution < -0.4 is 25.1 Å². The Morgan fingerprint density at radius 3 is 2.15 bits per heavy atom. The Kier molecular flexibility index (Phi) is 7.37. The summed E-state index contributed by atoms with van der Waals surface area (Å²) < 4.78 is 18.5. The molecular weight excluding hydrogens is 426 g/mol. The maximum atomic E-state index is 13.2. The van der Waals surface area contributed by atoms with Crippen molar-refractivity contribution < 1.29 is 19.0 Å². The van der Waals surface area contributed by atoms with Gasteiger partial charge in [0.25, 0.3) is 11.5 Å². The van der Waals surface area contributed by atoms with Gasteiger partial charge in [-0.3, -0.25) is 14.6 Å². The van der Waals surface area contributed by atoms with Crippen molar-refractivity contribution in [3.63, 3.8) is 0 Å². The van der Waals surface area contributed by atoms with E-state index < -0.39 is 5.91 Å². The van der Waals surface area contributed by atoms with Crippen LogP contribution in [0.5, 0.6) is 17.2 Å². The molecule has 10 heteroatoms. The summed E-state index contributed by atoms with van der Waals surface area (Å²) in [6.45, 7) is 12.0. The van der Waals surface area contributed by atoms with E-state index in [1.165, 1.54) is 4.68 Å². The second-order valence-corrected chi connectivity index (χ2v) is 7.24. The molecule has 0 saturated carbocycles. The van der Waals surface area contributed by atoms with Gasteiger partial charge in [-0.2, -0.15) is 9.78 Å². The SMILES string of the molecule is CCOc1cc(C(=O)Nc2cc(C)nn2-c2nc(C)c(C)c(=O)[nH]2)cc(OCC)c1OCC. The molecule has 0 aliphatic rings. The van der Waals surface area contributed by atoms with Gasteiger partial charge in [-0.15, -0.1) is 0 Å². The molecule has 0 fully saturated rings. The van der Waals surface area contributed by atoms with E-state index in [1.54, 1.807) is 39.0 Å². The van der Waals surface area contributed by atoms with Crippen molar-refractivity contribution in [1.29, 1.82) is 0 Å². The third-order valence-corrected chi connectivity index (χ3v) is 4.83. The van der Waals surface area contributed by atoms with Gasteiger partial charge in [-0.05, 0) is 53.7 Å². The molecule has 0 radical (unpaired) electrons. The van der Waals surface area contributed by atoms with Crippen LogP contribution >= 0.6 is 0 Å². The van der Waals surface area contributed by atoms with Gasteiger partial charge in [0.2, 0.25) is 11.7 Å². The predicted molar refractivity (Wildman–Crippen MR) is 124 cm³/mol. The topological polar surface area (TPSA) is 120 Å². The zero-order valence-electron chi connectivity index (χ0n) is 19.7. The van der Waals surface area contributed by atoms with E-state index >= 15 is 0 Å². The zero-order chi connectivity index (χ0) is 24.1. The highest BCUT2D eigenvalue weighted by molar-refractivity contribution is 6.04. The molecular formula is C23H29N5O5. The van der Waals surface area contributed by atoms with Crippen molar-refractivity contribution in [1.82, 2.24) is 19.7 Å². The van der Waals surface area contributed by atoms with Gasteiger partial charge in [-0.1, -0.05) is 0 Å². The van der Waals surface area contributed by atoms with Crippen molar-refractivity contribution in [2.45, 2.75) is 41.5 Å². The molecule has 1 amide bonds. The fraction of sp³-hybridized carbons (Fsp3) is 0.391. The van der Waals surface area contributed by atoms with E-state index in [0.717, 1.165) is 0 Å². The number of carbonyl (C=O) groups excluding carboxylic acids is 1. The summed E-state index contributed by atoms with van der Waals surface area (Å²) in [5.41, 5.74) is 1.79. The standard InChI is InChI=1S/C23H29N5O5/c1-7-31-17-11-16(12-18(32-8-2)20(17)33-9-3)22(30)25-19-10-13(4)27-28(19)23-24-15(6)14(5)21(29)26-23/h10-12H,7-9H2,1-6H3,(H,25,30)(H,24,26,29). The lowest BCUT2D eigenvalue weighted by Gasteiger charge is -2.17. The summed E-state index contributed by atoms with van der Waals surface area (Å²) in [6.07, 6.45) is 0. The van der Waals surface area contributed by atoms with Crippen LogP contribution in [0.25, 0.3) is 5.95 Å². The summed E-state index contributed by atoms with van der Waals surface area (Å²) in [7, 11) is 0. The third-order valence-electron chi connectivity index (χ3n) is 4.83. The lowest BCUT2D eigenvalue weighted by molar-refractivity contribution is 0.102. The number of amides is 1. The largest absolute Gasteiger partial charge is 0.490 e. The van der Waals surface area contributed by atoms with Gasteiger partial charge >= 0.3 is 0 Å². The summed E-state index contributed by atoms with van der Waals surface area (Å²) in [5, 5.41) is 7.21. The molecule has 0 saturated heterocycles. The Morgan fingerprint density at radius 1 is 1.00 bits per heavy atom. The van der Waals surface area contributed by atoms with E-state index in [1.807, 2.05) is 20.8 Å². The van der Waals surface area contributed by atoms with Crippen LogP contribution in [0.15, 0.2) is 23.0 Å². The molecule has 0 spiro atoms. The number of ether oxygens (including phenoxy) is 3. The van der Waals surface area contributed by atoms with Crippen LogP contribution in [0.2, 0.25) is 0 Å². The first-order chi connectivity index (χ1) is 15.8. The number of benzene rings is 1. The Balaban J connectivity index is 2.01. The van der Waals surface area contributed by atoms with Crippen LogP contribution in [0, 0.1) is 20.8 Å². The summed E-state index contributed by atoms with van der Waals surface area (Å²) >= 11 is 0. The maximum absolute atomic E-state index is 13.2. The molecule has 1 aromatic carbocycles. The van der Waals surface area contributed by atoms with E-state index in [9.17, 15) is 9.59 Å². The number of aromatic amines is 1. The summed E-state index contributed by atoms with van der Waals surface area (Å²) in [5.74, 6) is 1.44. The van der Waals surface area contributed by atoms with Crippen LogP contribution in [0.3, 0.4) is 0 Å². The smallest absolute Gasteiger partial charge is 0.257 e. The highest BCUT2D eigenvalue weighted by atomic mass is 16.5. The van der Waals surface area contributed by atoms with Crippen LogP contribution in [-0.2, 0) is 0 Å². The Bertz CT molecular complexity index is 1190. The zero-order valence-corrected chi connectivity index (χ0v) is 19.7. The second-order valence-electron chi connectivity index (χ2n) is 7.24. The number of anilines is 1. The van der Waals surface area contributed by atoms with Crippen LogP contribution in [0.1, 0.15) is 48.1 Å². The number of H-pyrrole nitrogens is 1. The molecule has 2 heterocycles. The van der Waals surface area contributed by atoms with Gasteiger partial charge in [0.05, 0.1) is 25.5 Å². The molecule has 10 nitrogen and oxygen atoms in total. The van der Waals surface area contributed by atoms with Crippen molar-refractivity contribution in [3.05, 3.63) is 51.1 Å². The van der Waals surface area contributed by atoms with Gasteiger partial charge in [0, 0.05) is 22.9 Å². The Labute approximate surface area is 191 Å². The summed E-state index contributed by atoms with van der Waals surface area (Å²) in [4.78, 5) is 32.5. The first kappa shape index (κ1) is 23.8. The molecule has 0 aliphatic heterocycles. The number of carbonyl (C=O) groups is 1. The fourth-order valence-corrected chi connectivity index (χ4v) is 3.19. The molecule has 2 N–H and O–H groups in total. The fourth-order valence-electron chi connectivity index (χ4n) is 3.19. The number of nitrogens with zero attached hydrogens (tertiary/aromatic N) is 3. The molecule has 33 heavy (non-hydrogen) atoms. The molecule has 0 bridgehead atoms. The Morgan fingerprint density at radius 2 is 1.61 bits per heavy atom. The van der Waals surface area contributed by atoms with E-state index in [0.29, 0.717) is 65.4 Å². The van der Waals surface area contributed by atoms with Crippen molar-refractivity contribution in [3.8, 4) is 23.2 Å². The highest BCUT2D eigenvalue weighted by Crippen LogP contribution is 2.39. The minimum Gasteiger partial charge on any atom is -0.490 e. The molecule has 3 aromatic rings. The van der Waals surface area contributed by atoms with Gasteiger partial charge in [0.15, 0.2) is 11.5 Å². The molecule has 176 valence electrons. The van der Waals surface area contributed by atoms with E-state index in [4.69, 9.17) is 14.2 Å². The second kappa shape index (κ2) is 10.2. The van der Waals surface area contributed by atoms with Crippen molar-refractivity contribution in [2.24, 2.45) is 0 Å². The molecule has 0 aliphatic carbocycles. The predicted octanol–water partition coefficient (Wildman–Crippen LogP) is 3.33. The molecule has 0 unspecified atom stereocenters. The first-order valence-corrected chi connectivity index (χ1v) is 10.8. The van der Waals surface area contributed by atoms with E-state index in [-0.39, 0.29) is 11.5 Å². The lowest BCUT2D eigenvalue weighted by atomic mass is 10.1. The lowest BCUT2D eigenvalue weighted by Crippen LogP contribution is -2.21. The number of aromatic nitrogens is 4. The maximum Gasteiger partial charge on any atom is 0.257 e. The molecule has 2 aromatic heterocycles. The summed E-state index contributed by atoms with van der Waals surface area (Å²) in [6, 6.07) is 4.90. The minimum absolute atomic E-state index is 0.211. The first-order valence-electron chi connectivity index (χ1n) is 10.8. The average molecular weight is 456 g/mol. The molecule has 0 atom stereocenters. The number of aryl methyl sites for hydroxylation is 2. The monoisotopic (exact) mass is 455 g/mol. The number of rotatable bonds is 9. The number of nitrogens with one attached hydrogen (secondary N) is 2. The highest BCUT2D eigenvalue weighted by Gasteiger charge is 2.20. The molecule has 3 rings (SSSR count). The normalized spacial score (nSPS) is 10.7.